The monoisotopic (exact) mass is 639 g/mol. The van der Waals surface area contributed by atoms with Crippen LogP contribution in [0.15, 0.2) is 36.4 Å². The van der Waals surface area contributed by atoms with Crippen LogP contribution in [-0.2, 0) is 34.7 Å². The summed E-state index contributed by atoms with van der Waals surface area (Å²) in [5.41, 5.74) is -11.3. The van der Waals surface area contributed by atoms with E-state index in [-0.39, 0.29) is 43.2 Å². The third kappa shape index (κ3) is 6.93. The number of nitrogens with one attached hydrogen (secondary N) is 1. The zero-order chi connectivity index (χ0) is 31.9. The van der Waals surface area contributed by atoms with E-state index in [2.05, 4.69) is 5.32 Å². The highest BCUT2D eigenvalue weighted by molar-refractivity contribution is 6.73. The molecule has 1 aliphatic heterocycles. The molecule has 42 heavy (non-hydrogen) atoms. The number of benzene rings is 2. The van der Waals surface area contributed by atoms with Gasteiger partial charge in [0.05, 0.1) is 22.3 Å². The number of hydrogen-bond donors (Lipinski definition) is 1. The Kier molecular flexibility index (Phi) is 9.52. The summed E-state index contributed by atoms with van der Waals surface area (Å²) in [6.07, 6.45) is -21.0. The van der Waals surface area contributed by atoms with Crippen LogP contribution in [0, 0.1) is 0 Å². The number of hydrogen-bond acceptors (Lipinski definition) is 2. The molecule has 15 heteroatoms. The van der Waals surface area contributed by atoms with E-state index in [0.717, 1.165) is 0 Å². The zero-order valence-electron chi connectivity index (χ0n) is 22.7. The van der Waals surface area contributed by atoms with Crippen LogP contribution in [-0.4, -0.2) is 20.9 Å². The largest absolute Gasteiger partial charge is 0.416 e. The minimum atomic E-state index is -5.33. The van der Waals surface area contributed by atoms with E-state index in [4.69, 9.17) is 4.43 Å². The van der Waals surface area contributed by atoms with Crippen LogP contribution < -0.4 is 5.32 Å². The summed E-state index contributed by atoms with van der Waals surface area (Å²) < 4.78 is 174. The molecule has 0 radical (unpaired) electrons. The van der Waals surface area contributed by atoms with Gasteiger partial charge in [-0.25, -0.2) is 0 Å². The summed E-state index contributed by atoms with van der Waals surface area (Å²) in [6, 6.07) is 0.530. The predicted octanol–water partition coefficient (Wildman–Crippen LogP) is 9.78. The van der Waals surface area contributed by atoms with E-state index >= 15 is 0 Å². The molecule has 3 rings (SSSR count). The van der Waals surface area contributed by atoms with Crippen molar-refractivity contribution >= 4 is 8.32 Å². The van der Waals surface area contributed by atoms with E-state index in [9.17, 15) is 52.7 Å². The number of halogens is 12. The average molecular weight is 640 g/mol. The second-order valence-electron chi connectivity index (χ2n) is 10.3. The SMILES string of the molecule is CC[Si](CC)(CC)OC(c1cc(C(F)(F)F)cc(C(F)(F)F)c1)(c1cc(C(F)(F)F)cc(C(F)(F)F)c1)[C@H]1CCCN1. The maximum Gasteiger partial charge on any atom is 0.416 e. The predicted molar refractivity (Wildman–Crippen MR) is 133 cm³/mol. The second-order valence-corrected chi connectivity index (χ2v) is 15.0. The molecule has 1 N–H and O–H groups in total. The Hall–Kier alpha value is -2.26. The van der Waals surface area contributed by atoms with Crippen LogP contribution in [0.1, 0.15) is 67.0 Å². The van der Waals surface area contributed by atoms with Crippen molar-refractivity contribution in [2.24, 2.45) is 0 Å². The van der Waals surface area contributed by atoms with Crippen LogP contribution >= 0.6 is 0 Å². The minimum Gasteiger partial charge on any atom is -0.402 e. The van der Waals surface area contributed by atoms with Gasteiger partial charge in [-0.1, -0.05) is 20.8 Å². The average Bonchev–Trinajstić information content (AvgIpc) is 3.43. The fourth-order valence-electron chi connectivity index (χ4n) is 5.44. The molecule has 2 nitrogen and oxygen atoms in total. The summed E-state index contributed by atoms with van der Waals surface area (Å²) in [4.78, 5) is 0. The van der Waals surface area contributed by atoms with Crippen molar-refractivity contribution in [3.8, 4) is 0 Å². The fraction of sp³-hybridized carbons (Fsp3) is 0.556. The Morgan fingerprint density at radius 2 is 0.905 bits per heavy atom. The maximum atomic E-state index is 14.0. The third-order valence-electron chi connectivity index (χ3n) is 7.89. The highest BCUT2D eigenvalue weighted by atomic mass is 28.4. The molecule has 2 aromatic carbocycles. The topological polar surface area (TPSA) is 21.3 Å². The van der Waals surface area contributed by atoms with E-state index in [1.54, 1.807) is 20.8 Å². The standard InChI is InChI=1S/C27H29F12NOSi/c1-4-42(5-2,6-3)41-23(22-8-7-9-40-22,16-10-18(24(28,29)30)14-19(11-16)25(31,32)33)17-12-20(26(34,35)36)15-21(13-17)27(37,38)39/h10-15,22,40H,4-9H2,1-3H3/t22-/m1/s1. The molecule has 236 valence electrons. The molecular weight excluding hydrogens is 610 g/mol. The van der Waals surface area contributed by atoms with Crippen molar-refractivity contribution < 1.29 is 57.1 Å². The fourth-order valence-corrected chi connectivity index (χ4v) is 8.43. The lowest BCUT2D eigenvalue weighted by molar-refractivity contribution is -0.144. The Balaban J connectivity index is 2.62. The van der Waals surface area contributed by atoms with Gasteiger partial charge in [0, 0.05) is 6.04 Å². The van der Waals surface area contributed by atoms with Gasteiger partial charge in [-0.3, -0.25) is 0 Å². The summed E-state index contributed by atoms with van der Waals surface area (Å²) in [7, 11) is -3.20. The Bertz CT molecular complexity index is 1090. The molecule has 1 aliphatic rings. The van der Waals surface area contributed by atoms with Gasteiger partial charge >= 0.3 is 24.7 Å². The quantitative estimate of drug-likeness (QED) is 0.229. The summed E-state index contributed by atoms with van der Waals surface area (Å²) >= 11 is 0. The van der Waals surface area contributed by atoms with Crippen molar-refractivity contribution in [3.05, 3.63) is 69.8 Å². The minimum absolute atomic E-state index is 0.00316. The first-order valence-electron chi connectivity index (χ1n) is 13.2. The molecular formula is C27H29F12NOSi. The number of rotatable bonds is 8. The number of alkyl halides is 12. The van der Waals surface area contributed by atoms with Gasteiger partial charge in [0.2, 0.25) is 0 Å². The smallest absolute Gasteiger partial charge is 0.402 e. The maximum absolute atomic E-state index is 14.0. The molecule has 1 saturated heterocycles. The second kappa shape index (κ2) is 11.7. The molecule has 0 aliphatic carbocycles. The van der Waals surface area contributed by atoms with Crippen molar-refractivity contribution in [1.29, 1.82) is 0 Å². The highest BCUT2D eigenvalue weighted by Crippen LogP contribution is 2.50. The van der Waals surface area contributed by atoms with E-state index in [1.165, 1.54) is 0 Å². The van der Waals surface area contributed by atoms with Crippen molar-refractivity contribution in [1.82, 2.24) is 5.32 Å². The summed E-state index contributed by atoms with van der Waals surface area (Å²) in [5, 5.41) is 2.89. The Labute approximate surface area is 235 Å². The van der Waals surface area contributed by atoms with Crippen LogP contribution in [0.3, 0.4) is 0 Å². The van der Waals surface area contributed by atoms with Crippen molar-refractivity contribution in [2.45, 2.75) is 88.1 Å². The molecule has 0 spiro atoms. The van der Waals surface area contributed by atoms with Gasteiger partial charge in [0.15, 0.2) is 8.32 Å². The highest BCUT2D eigenvalue weighted by Gasteiger charge is 2.52. The lowest BCUT2D eigenvalue weighted by atomic mass is 9.77. The van der Waals surface area contributed by atoms with Crippen LogP contribution in [0.5, 0.6) is 0 Å². The summed E-state index contributed by atoms with van der Waals surface area (Å²) in [5.74, 6) is 0. The molecule has 0 amide bonds. The first kappa shape index (κ1) is 34.2. The van der Waals surface area contributed by atoms with E-state index < -0.39 is 78.0 Å². The van der Waals surface area contributed by atoms with Crippen LogP contribution in [0.2, 0.25) is 18.1 Å². The van der Waals surface area contributed by atoms with E-state index in [1.807, 2.05) is 0 Å². The van der Waals surface area contributed by atoms with Crippen LogP contribution in [0.4, 0.5) is 52.7 Å². The Morgan fingerprint density at radius 3 is 1.14 bits per heavy atom. The van der Waals surface area contributed by atoms with Gasteiger partial charge in [-0.2, -0.15) is 52.7 Å². The summed E-state index contributed by atoms with van der Waals surface area (Å²) in [6.45, 7) is 5.14. The molecule has 1 atom stereocenters. The van der Waals surface area contributed by atoms with Gasteiger partial charge in [-0.05, 0) is 85.0 Å². The molecule has 1 heterocycles. The molecule has 0 bridgehead atoms. The van der Waals surface area contributed by atoms with Gasteiger partial charge in [-0.15, -0.1) is 0 Å². The van der Waals surface area contributed by atoms with Crippen molar-refractivity contribution in [3.63, 3.8) is 0 Å². The van der Waals surface area contributed by atoms with Gasteiger partial charge in [0.1, 0.15) is 5.60 Å². The lowest BCUT2D eigenvalue weighted by Gasteiger charge is -2.47. The van der Waals surface area contributed by atoms with Gasteiger partial charge < -0.3 is 9.74 Å². The molecule has 0 saturated carbocycles. The first-order chi connectivity index (χ1) is 19.1. The molecule has 0 aromatic heterocycles. The van der Waals surface area contributed by atoms with Gasteiger partial charge in [0.25, 0.3) is 0 Å². The normalized spacial score (nSPS) is 17.6. The molecule has 0 unspecified atom stereocenters. The lowest BCUT2D eigenvalue weighted by Crippen LogP contribution is -2.55. The van der Waals surface area contributed by atoms with Crippen molar-refractivity contribution in [2.75, 3.05) is 6.54 Å². The molecule has 1 fully saturated rings. The molecule has 2 aromatic rings. The zero-order valence-corrected chi connectivity index (χ0v) is 23.7. The first-order valence-corrected chi connectivity index (χ1v) is 15.7. The Morgan fingerprint density at radius 1 is 0.595 bits per heavy atom. The van der Waals surface area contributed by atoms with E-state index in [0.29, 0.717) is 30.7 Å². The third-order valence-corrected chi connectivity index (χ3v) is 12.5. The van der Waals surface area contributed by atoms with Crippen LogP contribution in [0.25, 0.3) is 0 Å².